The van der Waals surface area contributed by atoms with Crippen molar-refractivity contribution in [3.63, 3.8) is 0 Å². The van der Waals surface area contributed by atoms with E-state index in [1.54, 1.807) is 0 Å². The van der Waals surface area contributed by atoms with Crippen LogP contribution >= 0.6 is 0 Å². The van der Waals surface area contributed by atoms with E-state index in [9.17, 15) is 0 Å². The van der Waals surface area contributed by atoms with Gasteiger partial charge in [0.1, 0.15) is 0 Å². The van der Waals surface area contributed by atoms with E-state index in [1.165, 1.54) is 77.9 Å². The number of benzene rings is 6. The molecule has 0 bridgehead atoms. The van der Waals surface area contributed by atoms with Crippen LogP contribution in [0.4, 0.5) is 0 Å². The van der Waals surface area contributed by atoms with Crippen LogP contribution in [0.1, 0.15) is 40.8 Å². The SMILES string of the molecule is c1ccc(-n2c3c(c4ccccc42)-c2ccccc2C3CC2c3ccccc3-c3c2n(-c2ccccc2)c2ccccc32)cc1. The van der Waals surface area contributed by atoms with Crippen molar-refractivity contribution < 1.29 is 0 Å². The van der Waals surface area contributed by atoms with E-state index < -0.39 is 0 Å². The summed E-state index contributed by atoms with van der Waals surface area (Å²) in [6, 6.07) is 58.1. The lowest BCUT2D eigenvalue weighted by atomic mass is 9.85. The highest BCUT2D eigenvalue weighted by molar-refractivity contribution is 6.04. The Morgan fingerprint density at radius 2 is 0.756 bits per heavy atom. The van der Waals surface area contributed by atoms with Gasteiger partial charge in [-0.25, -0.2) is 0 Å². The molecule has 2 heteroatoms. The first-order chi connectivity index (χ1) is 22.4. The summed E-state index contributed by atoms with van der Waals surface area (Å²) >= 11 is 0. The maximum atomic E-state index is 2.55. The van der Waals surface area contributed by atoms with E-state index in [2.05, 4.69) is 167 Å². The molecule has 0 saturated heterocycles. The summed E-state index contributed by atoms with van der Waals surface area (Å²) in [4.78, 5) is 0. The lowest BCUT2D eigenvalue weighted by Crippen LogP contribution is -2.12. The average molecular weight is 575 g/mol. The highest BCUT2D eigenvalue weighted by Crippen LogP contribution is 2.58. The second-order valence-electron chi connectivity index (χ2n) is 12.4. The summed E-state index contributed by atoms with van der Waals surface area (Å²) in [5.41, 5.74) is 16.2. The molecule has 2 aliphatic carbocycles. The predicted molar refractivity (Wildman–Crippen MR) is 186 cm³/mol. The molecule has 2 unspecified atom stereocenters. The second kappa shape index (κ2) is 9.45. The molecular weight excluding hydrogens is 544 g/mol. The smallest absolute Gasteiger partial charge is 0.0538 e. The molecule has 45 heavy (non-hydrogen) atoms. The van der Waals surface area contributed by atoms with Gasteiger partial charge in [0.15, 0.2) is 0 Å². The van der Waals surface area contributed by atoms with Crippen molar-refractivity contribution in [1.29, 1.82) is 0 Å². The molecule has 212 valence electrons. The van der Waals surface area contributed by atoms with Crippen LogP contribution in [0.25, 0.3) is 55.4 Å². The van der Waals surface area contributed by atoms with Gasteiger partial charge in [-0.2, -0.15) is 0 Å². The van der Waals surface area contributed by atoms with Crippen LogP contribution in [-0.2, 0) is 0 Å². The van der Waals surface area contributed by atoms with E-state index in [0.717, 1.165) is 6.42 Å². The molecule has 0 saturated carbocycles. The van der Waals surface area contributed by atoms with Crippen molar-refractivity contribution in [3.05, 3.63) is 180 Å². The third-order valence-corrected chi connectivity index (χ3v) is 10.2. The summed E-state index contributed by atoms with van der Waals surface area (Å²) in [6.45, 7) is 0. The quantitative estimate of drug-likeness (QED) is 0.198. The van der Waals surface area contributed by atoms with Crippen molar-refractivity contribution in [2.45, 2.75) is 18.3 Å². The number of nitrogens with zero attached hydrogens (tertiary/aromatic N) is 2. The molecule has 0 radical (unpaired) electrons. The molecule has 0 fully saturated rings. The molecular formula is C43H30N2. The van der Waals surface area contributed by atoms with Gasteiger partial charge in [-0.1, -0.05) is 121 Å². The van der Waals surface area contributed by atoms with Crippen LogP contribution < -0.4 is 0 Å². The second-order valence-corrected chi connectivity index (χ2v) is 12.4. The van der Waals surface area contributed by atoms with Crippen molar-refractivity contribution in [2.75, 3.05) is 0 Å². The number of hydrogen-bond acceptors (Lipinski definition) is 0. The number of fused-ring (bicyclic) bond motifs is 10. The van der Waals surface area contributed by atoms with Gasteiger partial charge in [0, 0.05) is 56.5 Å². The molecule has 0 spiro atoms. The van der Waals surface area contributed by atoms with Crippen LogP contribution in [0.2, 0.25) is 0 Å². The number of rotatable bonds is 4. The Balaban J connectivity index is 1.26. The topological polar surface area (TPSA) is 9.86 Å². The Morgan fingerprint density at radius 3 is 1.22 bits per heavy atom. The highest BCUT2D eigenvalue weighted by Gasteiger charge is 2.41. The molecule has 2 aliphatic rings. The molecule has 2 atom stereocenters. The van der Waals surface area contributed by atoms with Crippen molar-refractivity contribution in [3.8, 4) is 33.6 Å². The number of aromatic nitrogens is 2. The standard InChI is InChI=1S/C43H30N2/c1-3-15-28(16-4-1)44-38-25-13-11-23-34(38)40-32-21-9-7-19-30(32)36(42(40)44)27-37-31-20-8-10-22-33(31)41-35-24-12-14-26-39(35)45(43(37)41)29-17-5-2-6-18-29/h1-26,36-37H,27H2. The van der Waals surface area contributed by atoms with Crippen molar-refractivity contribution >= 4 is 21.8 Å². The van der Waals surface area contributed by atoms with Crippen LogP contribution in [0, 0.1) is 0 Å². The molecule has 2 nitrogen and oxygen atoms in total. The third kappa shape index (κ3) is 3.40. The van der Waals surface area contributed by atoms with Crippen molar-refractivity contribution in [2.24, 2.45) is 0 Å². The fourth-order valence-electron chi connectivity index (χ4n) is 8.52. The van der Waals surface area contributed by atoms with Gasteiger partial charge < -0.3 is 9.13 Å². The molecule has 2 heterocycles. The predicted octanol–water partition coefficient (Wildman–Crippen LogP) is 10.9. The lowest BCUT2D eigenvalue weighted by Gasteiger charge is -2.24. The fraction of sp³-hybridized carbons (Fsp3) is 0.0698. The van der Waals surface area contributed by atoms with Gasteiger partial charge in [-0.3, -0.25) is 0 Å². The highest BCUT2D eigenvalue weighted by atomic mass is 15.0. The Hall–Kier alpha value is -5.60. The first kappa shape index (κ1) is 24.8. The van der Waals surface area contributed by atoms with Crippen LogP contribution in [0.5, 0.6) is 0 Å². The van der Waals surface area contributed by atoms with Crippen LogP contribution in [0.15, 0.2) is 158 Å². The van der Waals surface area contributed by atoms with Crippen molar-refractivity contribution in [1.82, 2.24) is 9.13 Å². The fourth-order valence-corrected chi connectivity index (χ4v) is 8.52. The van der Waals surface area contributed by atoms with E-state index in [4.69, 9.17) is 0 Å². The van der Waals surface area contributed by atoms with Gasteiger partial charge in [0.25, 0.3) is 0 Å². The summed E-state index contributed by atoms with van der Waals surface area (Å²) < 4.78 is 5.09. The summed E-state index contributed by atoms with van der Waals surface area (Å²) in [5.74, 6) is 0.463. The zero-order chi connectivity index (χ0) is 29.5. The van der Waals surface area contributed by atoms with E-state index in [0.29, 0.717) is 0 Å². The lowest BCUT2D eigenvalue weighted by molar-refractivity contribution is 0.626. The molecule has 0 N–H and O–H groups in total. The Bertz CT molecular complexity index is 2210. The molecule has 0 amide bonds. The first-order valence-corrected chi connectivity index (χ1v) is 15.9. The molecule has 6 aromatic carbocycles. The van der Waals surface area contributed by atoms with Crippen LogP contribution in [-0.4, -0.2) is 9.13 Å². The van der Waals surface area contributed by atoms with Gasteiger partial charge in [-0.15, -0.1) is 0 Å². The van der Waals surface area contributed by atoms with E-state index in [1.807, 2.05) is 0 Å². The number of hydrogen-bond donors (Lipinski definition) is 0. The van der Waals surface area contributed by atoms with Gasteiger partial charge in [0.05, 0.1) is 11.0 Å². The largest absolute Gasteiger partial charge is 0.312 e. The summed E-state index contributed by atoms with van der Waals surface area (Å²) in [7, 11) is 0. The zero-order valence-corrected chi connectivity index (χ0v) is 24.8. The maximum Gasteiger partial charge on any atom is 0.0538 e. The van der Waals surface area contributed by atoms with Gasteiger partial charge in [0.2, 0.25) is 0 Å². The van der Waals surface area contributed by atoms with Gasteiger partial charge in [-0.05, 0) is 65.1 Å². The first-order valence-electron chi connectivity index (χ1n) is 15.9. The number of para-hydroxylation sites is 4. The Morgan fingerprint density at radius 1 is 0.378 bits per heavy atom. The van der Waals surface area contributed by atoms with E-state index >= 15 is 0 Å². The normalized spacial score (nSPS) is 16.1. The molecule has 2 aromatic heterocycles. The van der Waals surface area contributed by atoms with Crippen LogP contribution in [0.3, 0.4) is 0 Å². The summed E-state index contributed by atoms with van der Waals surface area (Å²) in [6.07, 6.45) is 0.986. The molecule has 8 aromatic rings. The minimum Gasteiger partial charge on any atom is -0.312 e. The minimum atomic E-state index is 0.232. The molecule has 0 aliphatic heterocycles. The Labute approximate surface area is 262 Å². The monoisotopic (exact) mass is 574 g/mol. The Kier molecular flexibility index (Phi) is 5.21. The third-order valence-electron chi connectivity index (χ3n) is 10.2. The van der Waals surface area contributed by atoms with Gasteiger partial charge >= 0.3 is 0 Å². The van der Waals surface area contributed by atoms with E-state index in [-0.39, 0.29) is 11.8 Å². The minimum absolute atomic E-state index is 0.232. The summed E-state index contributed by atoms with van der Waals surface area (Å²) in [5, 5.41) is 2.66. The zero-order valence-electron chi connectivity index (χ0n) is 24.8. The average Bonchev–Trinajstić information content (AvgIpc) is 3.81. The maximum absolute atomic E-state index is 2.55. The molecule has 10 rings (SSSR count).